The van der Waals surface area contributed by atoms with E-state index < -0.39 is 0 Å². The summed E-state index contributed by atoms with van der Waals surface area (Å²) in [5.74, 6) is 0.946. The van der Waals surface area contributed by atoms with Crippen LogP contribution in [0.2, 0.25) is 0 Å². The number of aromatic nitrogens is 2. The highest BCUT2D eigenvalue weighted by molar-refractivity contribution is 5.13. The molecule has 0 spiro atoms. The molecule has 10 heavy (non-hydrogen) atoms. The summed E-state index contributed by atoms with van der Waals surface area (Å²) in [6.45, 7) is 3.91. The summed E-state index contributed by atoms with van der Waals surface area (Å²) in [5, 5.41) is 8.78. The van der Waals surface area contributed by atoms with E-state index in [1.54, 1.807) is 0 Å². The van der Waals surface area contributed by atoms with Crippen molar-refractivity contribution in [1.82, 2.24) is 9.55 Å². The van der Waals surface area contributed by atoms with Gasteiger partial charge in [-0.15, -0.1) is 0 Å². The smallest absolute Gasteiger partial charge is 0.105 e. The molecule has 0 bridgehead atoms. The highest BCUT2D eigenvalue weighted by Crippen LogP contribution is 2.07. The van der Waals surface area contributed by atoms with Gasteiger partial charge in [0, 0.05) is 12.7 Å². The largest absolute Gasteiger partial charge is 0.390 e. The molecule has 1 rings (SSSR count). The predicted molar refractivity (Wildman–Crippen MR) is 38.6 cm³/mol. The van der Waals surface area contributed by atoms with E-state index in [0.29, 0.717) is 0 Å². The van der Waals surface area contributed by atoms with Crippen molar-refractivity contribution in [3.63, 3.8) is 0 Å². The number of hydrogen-bond donors (Lipinski definition) is 1. The van der Waals surface area contributed by atoms with Crippen molar-refractivity contribution in [3.05, 3.63) is 17.2 Å². The molecule has 0 saturated heterocycles. The van der Waals surface area contributed by atoms with E-state index in [4.69, 9.17) is 5.11 Å². The van der Waals surface area contributed by atoms with Gasteiger partial charge in [-0.2, -0.15) is 0 Å². The van der Waals surface area contributed by atoms with Gasteiger partial charge in [0.05, 0.1) is 12.3 Å². The van der Waals surface area contributed by atoms with E-state index in [2.05, 4.69) is 4.98 Å². The van der Waals surface area contributed by atoms with Crippen molar-refractivity contribution < 1.29 is 5.11 Å². The minimum absolute atomic E-state index is 0.0352. The van der Waals surface area contributed by atoms with Gasteiger partial charge < -0.3 is 9.67 Å². The van der Waals surface area contributed by atoms with Gasteiger partial charge in [-0.3, -0.25) is 0 Å². The fraction of sp³-hybridized carbons (Fsp3) is 0.571. The molecule has 0 atom stereocenters. The lowest BCUT2D eigenvalue weighted by atomic mass is 10.4. The van der Waals surface area contributed by atoms with E-state index in [-0.39, 0.29) is 6.61 Å². The SMILES string of the molecule is Cc1nc(CO)c(C)n1C. The molecule has 3 heteroatoms. The highest BCUT2D eigenvalue weighted by atomic mass is 16.3. The Labute approximate surface area is 60.3 Å². The van der Waals surface area contributed by atoms with Gasteiger partial charge >= 0.3 is 0 Å². The van der Waals surface area contributed by atoms with Crippen molar-refractivity contribution in [2.45, 2.75) is 20.5 Å². The maximum atomic E-state index is 8.78. The molecule has 0 radical (unpaired) electrons. The highest BCUT2D eigenvalue weighted by Gasteiger charge is 2.04. The molecule has 0 aliphatic rings. The van der Waals surface area contributed by atoms with Crippen molar-refractivity contribution in [1.29, 1.82) is 0 Å². The molecule has 3 nitrogen and oxygen atoms in total. The summed E-state index contributed by atoms with van der Waals surface area (Å²) >= 11 is 0. The van der Waals surface area contributed by atoms with Crippen molar-refractivity contribution >= 4 is 0 Å². The normalized spacial score (nSPS) is 10.4. The summed E-state index contributed by atoms with van der Waals surface area (Å²) in [5.41, 5.74) is 1.82. The van der Waals surface area contributed by atoms with E-state index >= 15 is 0 Å². The van der Waals surface area contributed by atoms with E-state index in [9.17, 15) is 0 Å². The van der Waals surface area contributed by atoms with Crippen LogP contribution in [0.15, 0.2) is 0 Å². The zero-order valence-corrected chi connectivity index (χ0v) is 6.55. The minimum Gasteiger partial charge on any atom is -0.390 e. The lowest BCUT2D eigenvalue weighted by Crippen LogP contribution is -1.93. The monoisotopic (exact) mass is 140 g/mol. The van der Waals surface area contributed by atoms with E-state index in [0.717, 1.165) is 17.2 Å². The maximum Gasteiger partial charge on any atom is 0.105 e. The molecule has 0 amide bonds. The minimum atomic E-state index is 0.0352. The molecular weight excluding hydrogens is 128 g/mol. The van der Waals surface area contributed by atoms with Crippen LogP contribution in [0, 0.1) is 13.8 Å². The average molecular weight is 140 g/mol. The summed E-state index contributed by atoms with van der Waals surface area (Å²) in [6.07, 6.45) is 0. The Morgan fingerprint density at radius 1 is 1.50 bits per heavy atom. The van der Waals surface area contributed by atoms with Gasteiger partial charge in [0.25, 0.3) is 0 Å². The van der Waals surface area contributed by atoms with Crippen LogP contribution in [0.25, 0.3) is 0 Å². The predicted octanol–water partition coefficient (Wildman–Crippen LogP) is 0.529. The van der Waals surface area contributed by atoms with Gasteiger partial charge in [-0.1, -0.05) is 0 Å². The molecule has 0 fully saturated rings. The molecule has 0 aromatic carbocycles. The quantitative estimate of drug-likeness (QED) is 0.618. The van der Waals surface area contributed by atoms with Crippen molar-refractivity contribution in [2.75, 3.05) is 0 Å². The summed E-state index contributed by atoms with van der Waals surface area (Å²) in [4.78, 5) is 4.14. The molecule has 0 aliphatic carbocycles. The van der Waals surface area contributed by atoms with Gasteiger partial charge in [-0.25, -0.2) is 4.98 Å². The summed E-state index contributed by atoms with van der Waals surface area (Å²) in [6, 6.07) is 0. The second-order valence-electron chi connectivity index (χ2n) is 2.41. The third-order valence-corrected chi connectivity index (χ3v) is 1.85. The third-order valence-electron chi connectivity index (χ3n) is 1.85. The first kappa shape index (κ1) is 7.28. The first-order valence-electron chi connectivity index (χ1n) is 3.26. The molecule has 1 aromatic heterocycles. The van der Waals surface area contributed by atoms with Crippen LogP contribution in [-0.4, -0.2) is 14.7 Å². The molecule has 0 unspecified atom stereocenters. The van der Waals surface area contributed by atoms with Gasteiger partial charge in [0.2, 0.25) is 0 Å². The van der Waals surface area contributed by atoms with Crippen molar-refractivity contribution in [2.24, 2.45) is 7.05 Å². The lowest BCUT2D eigenvalue weighted by molar-refractivity contribution is 0.276. The van der Waals surface area contributed by atoms with Gasteiger partial charge in [-0.05, 0) is 13.8 Å². The third kappa shape index (κ3) is 0.926. The zero-order chi connectivity index (χ0) is 7.72. The number of aliphatic hydroxyl groups is 1. The van der Waals surface area contributed by atoms with Crippen LogP contribution in [-0.2, 0) is 13.7 Å². The standard InChI is InChI=1S/C7H12N2O/c1-5-7(4-10)8-6(2)9(5)3/h10H,4H2,1-3H3. The van der Waals surface area contributed by atoms with Crippen LogP contribution >= 0.6 is 0 Å². The van der Waals surface area contributed by atoms with Crippen molar-refractivity contribution in [3.8, 4) is 0 Å². The topological polar surface area (TPSA) is 38.1 Å². The fourth-order valence-electron chi connectivity index (χ4n) is 0.937. The lowest BCUT2D eigenvalue weighted by Gasteiger charge is -1.95. The number of imidazole rings is 1. The number of nitrogens with zero attached hydrogens (tertiary/aromatic N) is 2. The molecule has 56 valence electrons. The molecule has 1 heterocycles. The summed E-state index contributed by atoms with van der Waals surface area (Å²) < 4.78 is 1.96. The maximum absolute atomic E-state index is 8.78. The van der Waals surface area contributed by atoms with Crippen LogP contribution in [0.4, 0.5) is 0 Å². The Bertz CT molecular complexity index is 240. The van der Waals surface area contributed by atoms with Crippen LogP contribution in [0.3, 0.4) is 0 Å². The second-order valence-corrected chi connectivity index (χ2v) is 2.41. The number of hydrogen-bond acceptors (Lipinski definition) is 2. The average Bonchev–Trinajstić information content (AvgIpc) is 2.17. The van der Waals surface area contributed by atoms with E-state index in [1.165, 1.54) is 0 Å². The van der Waals surface area contributed by atoms with Crippen LogP contribution < -0.4 is 0 Å². The number of rotatable bonds is 1. The molecule has 0 saturated carbocycles. The Kier molecular flexibility index (Phi) is 1.76. The first-order valence-corrected chi connectivity index (χ1v) is 3.26. The Morgan fingerprint density at radius 3 is 2.30 bits per heavy atom. The number of aryl methyl sites for hydroxylation is 1. The van der Waals surface area contributed by atoms with Crippen LogP contribution in [0.1, 0.15) is 17.2 Å². The second kappa shape index (κ2) is 2.42. The molecule has 1 N–H and O–H groups in total. The Morgan fingerprint density at radius 2 is 2.10 bits per heavy atom. The van der Waals surface area contributed by atoms with Gasteiger partial charge in [0.1, 0.15) is 5.82 Å². The zero-order valence-electron chi connectivity index (χ0n) is 6.55. The molecular formula is C7H12N2O. The van der Waals surface area contributed by atoms with Gasteiger partial charge in [0.15, 0.2) is 0 Å². The molecule has 1 aromatic rings. The Balaban J connectivity index is 3.17. The van der Waals surface area contributed by atoms with E-state index in [1.807, 2.05) is 25.5 Å². The van der Waals surface area contributed by atoms with Crippen LogP contribution in [0.5, 0.6) is 0 Å². The first-order chi connectivity index (χ1) is 4.66. The fourth-order valence-corrected chi connectivity index (χ4v) is 0.937. The summed E-state index contributed by atoms with van der Waals surface area (Å²) in [7, 11) is 1.94. The number of aliphatic hydroxyl groups excluding tert-OH is 1. The Hall–Kier alpha value is -0.830. The molecule has 0 aliphatic heterocycles.